The molecule has 0 saturated heterocycles. The zero-order valence-electron chi connectivity index (χ0n) is 10.8. The van der Waals surface area contributed by atoms with Gasteiger partial charge >= 0.3 is 0 Å². The number of aromatic nitrogens is 2. The van der Waals surface area contributed by atoms with Crippen LogP contribution in [0.2, 0.25) is 0 Å². The summed E-state index contributed by atoms with van der Waals surface area (Å²) in [5, 5.41) is 12.2. The van der Waals surface area contributed by atoms with Gasteiger partial charge in [0.25, 0.3) is 0 Å². The van der Waals surface area contributed by atoms with Gasteiger partial charge in [-0.3, -0.25) is 0 Å². The van der Waals surface area contributed by atoms with Crippen LogP contribution in [0, 0.1) is 25.2 Å². The molecular weight excluding hydrogens is 228 g/mol. The molecule has 0 unspecified atom stereocenters. The molecule has 18 heavy (non-hydrogen) atoms. The highest BCUT2D eigenvalue weighted by Crippen LogP contribution is 2.13. The SMILES string of the molecule is Cc1cnc(CNCc2cc(C#N)n(C)c2C)o1. The van der Waals surface area contributed by atoms with Crippen molar-refractivity contribution in [1.29, 1.82) is 5.26 Å². The van der Waals surface area contributed by atoms with Gasteiger partial charge in [-0.2, -0.15) is 5.26 Å². The highest BCUT2D eigenvalue weighted by atomic mass is 16.4. The van der Waals surface area contributed by atoms with Crippen LogP contribution in [-0.2, 0) is 20.1 Å². The van der Waals surface area contributed by atoms with Crippen LogP contribution in [0.1, 0.15) is 28.6 Å². The number of nitriles is 1. The lowest BCUT2D eigenvalue weighted by Crippen LogP contribution is -2.13. The molecule has 5 heteroatoms. The Hall–Kier alpha value is -2.06. The summed E-state index contributed by atoms with van der Waals surface area (Å²) in [4.78, 5) is 4.12. The average Bonchev–Trinajstić information content (AvgIpc) is 2.88. The van der Waals surface area contributed by atoms with Crippen molar-refractivity contribution in [2.45, 2.75) is 26.9 Å². The lowest BCUT2D eigenvalue weighted by Gasteiger charge is -2.03. The smallest absolute Gasteiger partial charge is 0.208 e. The Morgan fingerprint density at radius 2 is 2.22 bits per heavy atom. The Morgan fingerprint density at radius 3 is 2.78 bits per heavy atom. The number of nitrogens with one attached hydrogen (secondary N) is 1. The van der Waals surface area contributed by atoms with E-state index < -0.39 is 0 Å². The van der Waals surface area contributed by atoms with Crippen molar-refractivity contribution in [3.63, 3.8) is 0 Å². The third-order valence-corrected chi connectivity index (χ3v) is 3.02. The summed E-state index contributed by atoms with van der Waals surface area (Å²) in [7, 11) is 1.90. The molecule has 2 rings (SSSR count). The number of aryl methyl sites for hydroxylation is 1. The number of hydrogen-bond acceptors (Lipinski definition) is 4. The molecule has 0 fully saturated rings. The van der Waals surface area contributed by atoms with Crippen molar-refractivity contribution in [1.82, 2.24) is 14.9 Å². The largest absolute Gasteiger partial charge is 0.445 e. The molecule has 0 spiro atoms. The molecule has 0 radical (unpaired) electrons. The number of oxazole rings is 1. The fraction of sp³-hybridized carbons (Fsp3) is 0.385. The Morgan fingerprint density at radius 1 is 1.44 bits per heavy atom. The van der Waals surface area contributed by atoms with E-state index in [1.54, 1.807) is 6.20 Å². The second kappa shape index (κ2) is 5.07. The van der Waals surface area contributed by atoms with E-state index in [-0.39, 0.29) is 0 Å². The molecular formula is C13H16N4O. The molecule has 2 heterocycles. The van der Waals surface area contributed by atoms with Crippen molar-refractivity contribution in [2.24, 2.45) is 7.05 Å². The van der Waals surface area contributed by atoms with Crippen LogP contribution >= 0.6 is 0 Å². The lowest BCUT2D eigenvalue weighted by atomic mass is 10.2. The first-order chi connectivity index (χ1) is 8.61. The minimum Gasteiger partial charge on any atom is -0.445 e. The maximum atomic E-state index is 8.95. The van der Waals surface area contributed by atoms with Crippen LogP contribution in [0.4, 0.5) is 0 Å². The summed E-state index contributed by atoms with van der Waals surface area (Å²) in [5.74, 6) is 1.50. The molecule has 0 bridgehead atoms. The summed E-state index contributed by atoms with van der Waals surface area (Å²) in [6.45, 7) is 5.16. The highest BCUT2D eigenvalue weighted by molar-refractivity contribution is 5.34. The standard InChI is InChI=1S/C13H16N4O/c1-9-6-16-13(18-9)8-15-7-11-4-12(5-14)17(3)10(11)2/h4,6,15H,7-8H2,1-3H3. The van der Waals surface area contributed by atoms with E-state index in [1.165, 1.54) is 0 Å². The summed E-state index contributed by atoms with van der Waals surface area (Å²) in [5.41, 5.74) is 2.90. The van der Waals surface area contributed by atoms with Gasteiger partial charge in [0.1, 0.15) is 17.5 Å². The second-order valence-corrected chi connectivity index (χ2v) is 4.28. The summed E-state index contributed by atoms with van der Waals surface area (Å²) in [6, 6.07) is 4.08. The quantitative estimate of drug-likeness (QED) is 0.890. The molecule has 5 nitrogen and oxygen atoms in total. The van der Waals surface area contributed by atoms with Gasteiger partial charge in [0, 0.05) is 19.3 Å². The summed E-state index contributed by atoms with van der Waals surface area (Å²) in [6.07, 6.45) is 1.71. The van der Waals surface area contributed by atoms with E-state index in [4.69, 9.17) is 9.68 Å². The van der Waals surface area contributed by atoms with Gasteiger partial charge in [-0.15, -0.1) is 0 Å². The molecule has 2 aromatic rings. The minimum atomic E-state index is 0.587. The maximum absolute atomic E-state index is 8.95. The van der Waals surface area contributed by atoms with E-state index in [1.807, 2.05) is 31.5 Å². The molecule has 2 aromatic heterocycles. The molecule has 94 valence electrons. The third-order valence-electron chi connectivity index (χ3n) is 3.02. The summed E-state index contributed by atoms with van der Waals surface area (Å²) < 4.78 is 7.27. The van der Waals surface area contributed by atoms with Crippen molar-refractivity contribution in [3.05, 3.63) is 40.9 Å². The zero-order chi connectivity index (χ0) is 13.1. The van der Waals surface area contributed by atoms with E-state index in [0.29, 0.717) is 24.7 Å². The number of hydrogen-bond donors (Lipinski definition) is 1. The third kappa shape index (κ3) is 2.44. The van der Waals surface area contributed by atoms with Gasteiger partial charge in [-0.25, -0.2) is 4.98 Å². The summed E-state index contributed by atoms with van der Waals surface area (Å²) >= 11 is 0. The molecule has 0 aliphatic carbocycles. The Kier molecular flexibility index (Phi) is 3.49. The first kappa shape index (κ1) is 12.4. The normalized spacial score (nSPS) is 10.6. The minimum absolute atomic E-state index is 0.587. The first-order valence-corrected chi connectivity index (χ1v) is 5.79. The van der Waals surface area contributed by atoms with Crippen molar-refractivity contribution >= 4 is 0 Å². The number of nitrogens with zero attached hydrogens (tertiary/aromatic N) is 3. The van der Waals surface area contributed by atoms with Crippen LogP contribution in [0.3, 0.4) is 0 Å². The van der Waals surface area contributed by atoms with Crippen LogP contribution in [-0.4, -0.2) is 9.55 Å². The second-order valence-electron chi connectivity index (χ2n) is 4.28. The molecule has 0 aliphatic rings. The number of rotatable bonds is 4. The first-order valence-electron chi connectivity index (χ1n) is 5.79. The van der Waals surface area contributed by atoms with Gasteiger partial charge in [-0.1, -0.05) is 0 Å². The van der Waals surface area contributed by atoms with E-state index in [0.717, 1.165) is 17.0 Å². The van der Waals surface area contributed by atoms with Gasteiger partial charge in [0.05, 0.1) is 12.7 Å². The molecule has 0 atom stereocenters. The van der Waals surface area contributed by atoms with Gasteiger partial charge < -0.3 is 14.3 Å². The molecule has 0 amide bonds. The van der Waals surface area contributed by atoms with Crippen LogP contribution in [0.5, 0.6) is 0 Å². The van der Waals surface area contributed by atoms with E-state index >= 15 is 0 Å². The van der Waals surface area contributed by atoms with Crippen LogP contribution < -0.4 is 5.32 Å². The van der Waals surface area contributed by atoms with Crippen LogP contribution in [0.25, 0.3) is 0 Å². The topological polar surface area (TPSA) is 66.8 Å². The zero-order valence-corrected chi connectivity index (χ0v) is 10.8. The van der Waals surface area contributed by atoms with Gasteiger partial charge in [-0.05, 0) is 25.5 Å². The predicted octanol–water partition coefficient (Wildman–Crippen LogP) is 1.79. The highest BCUT2D eigenvalue weighted by Gasteiger charge is 2.08. The van der Waals surface area contributed by atoms with Gasteiger partial charge in [0.2, 0.25) is 5.89 Å². The monoisotopic (exact) mass is 244 g/mol. The van der Waals surface area contributed by atoms with E-state index in [2.05, 4.69) is 16.4 Å². The van der Waals surface area contributed by atoms with Crippen molar-refractivity contribution in [2.75, 3.05) is 0 Å². The van der Waals surface area contributed by atoms with Crippen LogP contribution in [0.15, 0.2) is 16.7 Å². The van der Waals surface area contributed by atoms with Crippen molar-refractivity contribution < 1.29 is 4.42 Å². The molecule has 0 saturated carbocycles. The van der Waals surface area contributed by atoms with E-state index in [9.17, 15) is 0 Å². The molecule has 0 aliphatic heterocycles. The molecule has 1 N–H and O–H groups in total. The Bertz CT molecular complexity index is 589. The van der Waals surface area contributed by atoms with Crippen molar-refractivity contribution in [3.8, 4) is 6.07 Å². The molecule has 0 aromatic carbocycles. The Labute approximate surface area is 106 Å². The Balaban J connectivity index is 1.97. The maximum Gasteiger partial charge on any atom is 0.208 e. The van der Waals surface area contributed by atoms with Gasteiger partial charge in [0.15, 0.2) is 0 Å². The lowest BCUT2D eigenvalue weighted by molar-refractivity contribution is 0.449. The predicted molar refractivity (Wildman–Crippen MR) is 66.6 cm³/mol. The average molecular weight is 244 g/mol. The fourth-order valence-corrected chi connectivity index (χ4v) is 1.84. The fourth-order valence-electron chi connectivity index (χ4n) is 1.84.